The van der Waals surface area contributed by atoms with Gasteiger partial charge in [0.05, 0.1) is 12.1 Å². The van der Waals surface area contributed by atoms with Gasteiger partial charge in [0, 0.05) is 13.2 Å². The summed E-state index contributed by atoms with van der Waals surface area (Å²) in [5, 5.41) is 11.9. The van der Waals surface area contributed by atoms with E-state index in [0.717, 1.165) is 39.0 Å². The van der Waals surface area contributed by atoms with Gasteiger partial charge in [-0.1, -0.05) is 19.0 Å². The van der Waals surface area contributed by atoms with Gasteiger partial charge in [-0.2, -0.15) is 0 Å². The number of nitrogens with two attached hydrogens (primary N) is 1. The Balaban J connectivity index is 2.55. The van der Waals surface area contributed by atoms with Crippen LogP contribution in [0.4, 0.5) is 0 Å². The van der Waals surface area contributed by atoms with Gasteiger partial charge >= 0.3 is 0 Å². The van der Waals surface area contributed by atoms with Gasteiger partial charge in [-0.15, -0.1) is 0 Å². The molecular formula is C11H23N3O2. The van der Waals surface area contributed by atoms with Gasteiger partial charge in [-0.3, -0.25) is 4.90 Å². The first kappa shape index (κ1) is 13.3. The topological polar surface area (TPSA) is 71.1 Å². The van der Waals surface area contributed by atoms with Crippen LogP contribution in [0.1, 0.15) is 33.1 Å². The molecule has 0 aliphatic carbocycles. The Morgan fingerprint density at radius 2 is 2.38 bits per heavy atom. The summed E-state index contributed by atoms with van der Waals surface area (Å²) in [7, 11) is 0. The maximum Gasteiger partial charge on any atom is 0.156 e. The predicted molar refractivity (Wildman–Crippen MR) is 63.7 cm³/mol. The molecule has 5 heteroatoms. The van der Waals surface area contributed by atoms with Crippen LogP contribution in [0, 0.1) is 0 Å². The van der Waals surface area contributed by atoms with E-state index in [2.05, 4.69) is 17.0 Å². The lowest BCUT2D eigenvalue weighted by atomic mass is 10.1. The van der Waals surface area contributed by atoms with E-state index < -0.39 is 0 Å². The molecular weight excluding hydrogens is 206 g/mol. The Kier molecular flexibility index (Phi) is 5.55. The number of likely N-dealkylation sites (N-methyl/N-ethyl adjacent to an activating group) is 1. The SMILES string of the molecule is CCC(C(N)=NO)N(CC)CC1CCCO1. The Morgan fingerprint density at radius 3 is 2.81 bits per heavy atom. The third-order valence-corrected chi connectivity index (χ3v) is 3.15. The lowest BCUT2D eigenvalue weighted by Gasteiger charge is -2.30. The summed E-state index contributed by atoms with van der Waals surface area (Å²) in [4.78, 5) is 2.21. The molecule has 0 spiro atoms. The highest BCUT2D eigenvalue weighted by Gasteiger charge is 2.25. The number of oxime groups is 1. The number of hydrogen-bond acceptors (Lipinski definition) is 4. The van der Waals surface area contributed by atoms with Gasteiger partial charge in [0.2, 0.25) is 0 Å². The molecule has 94 valence electrons. The van der Waals surface area contributed by atoms with Crippen molar-refractivity contribution in [3.63, 3.8) is 0 Å². The van der Waals surface area contributed by atoms with Crippen molar-refractivity contribution in [1.29, 1.82) is 0 Å². The summed E-state index contributed by atoms with van der Waals surface area (Å²) in [6.07, 6.45) is 3.41. The van der Waals surface area contributed by atoms with Crippen LogP contribution in [-0.2, 0) is 4.74 Å². The molecule has 0 amide bonds. The molecule has 0 aromatic heterocycles. The van der Waals surface area contributed by atoms with Crippen LogP contribution in [-0.4, -0.2) is 47.8 Å². The molecule has 2 unspecified atom stereocenters. The molecule has 1 aliphatic heterocycles. The molecule has 16 heavy (non-hydrogen) atoms. The first-order valence-electron chi connectivity index (χ1n) is 6.05. The fraction of sp³-hybridized carbons (Fsp3) is 0.909. The van der Waals surface area contributed by atoms with Crippen molar-refractivity contribution >= 4 is 5.84 Å². The average molecular weight is 229 g/mol. The van der Waals surface area contributed by atoms with E-state index in [1.165, 1.54) is 0 Å². The first-order valence-corrected chi connectivity index (χ1v) is 6.05. The summed E-state index contributed by atoms with van der Waals surface area (Å²) in [5.41, 5.74) is 5.70. The van der Waals surface area contributed by atoms with Gasteiger partial charge in [-0.05, 0) is 25.8 Å². The summed E-state index contributed by atoms with van der Waals surface area (Å²) in [6, 6.07) is 0.0131. The minimum absolute atomic E-state index is 0.0131. The summed E-state index contributed by atoms with van der Waals surface area (Å²) in [6.45, 7) is 6.74. The number of hydrogen-bond donors (Lipinski definition) is 2. The molecule has 1 fully saturated rings. The average Bonchev–Trinajstić information content (AvgIpc) is 2.81. The molecule has 0 aromatic rings. The second kappa shape index (κ2) is 6.70. The zero-order chi connectivity index (χ0) is 12.0. The zero-order valence-electron chi connectivity index (χ0n) is 10.2. The highest BCUT2D eigenvalue weighted by Crippen LogP contribution is 2.15. The van der Waals surface area contributed by atoms with Crippen molar-refractivity contribution in [1.82, 2.24) is 4.90 Å². The molecule has 1 aliphatic rings. The molecule has 1 rings (SSSR count). The fourth-order valence-electron chi connectivity index (χ4n) is 2.25. The van der Waals surface area contributed by atoms with E-state index in [-0.39, 0.29) is 6.04 Å². The highest BCUT2D eigenvalue weighted by molar-refractivity contribution is 5.85. The minimum Gasteiger partial charge on any atom is -0.409 e. The second-order valence-corrected chi connectivity index (χ2v) is 4.17. The predicted octanol–water partition coefficient (Wildman–Crippen LogP) is 1.01. The Bertz CT molecular complexity index is 227. The number of ether oxygens (including phenoxy) is 1. The monoisotopic (exact) mass is 229 g/mol. The lowest BCUT2D eigenvalue weighted by molar-refractivity contribution is 0.0676. The standard InChI is InChI=1S/C11H23N3O2/c1-3-10(11(12)13-15)14(4-2)8-9-6-5-7-16-9/h9-10,15H,3-8H2,1-2H3,(H2,12,13). The van der Waals surface area contributed by atoms with Gasteiger partial charge in [0.15, 0.2) is 5.84 Å². The van der Waals surface area contributed by atoms with Gasteiger partial charge in [0.1, 0.15) is 0 Å². The number of rotatable bonds is 6. The lowest BCUT2D eigenvalue weighted by Crippen LogP contribution is -2.47. The maximum absolute atomic E-state index is 8.75. The van der Waals surface area contributed by atoms with Crippen LogP contribution in [0.15, 0.2) is 5.16 Å². The maximum atomic E-state index is 8.75. The molecule has 0 bridgehead atoms. The third kappa shape index (κ3) is 3.35. The molecule has 3 N–H and O–H groups in total. The highest BCUT2D eigenvalue weighted by atomic mass is 16.5. The third-order valence-electron chi connectivity index (χ3n) is 3.15. The first-order chi connectivity index (χ1) is 7.72. The van der Waals surface area contributed by atoms with Crippen LogP contribution in [0.2, 0.25) is 0 Å². The van der Waals surface area contributed by atoms with Gasteiger partial charge < -0.3 is 15.7 Å². The number of nitrogens with zero attached hydrogens (tertiary/aromatic N) is 2. The summed E-state index contributed by atoms with van der Waals surface area (Å²) >= 11 is 0. The molecule has 0 aromatic carbocycles. The Labute approximate surface area is 97.2 Å². The summed E-state index contributed by atoms with van der Waals surface area (Å²) in [5.74, 6) is 0.294. The van der Waals surface area contributed by atoms with Crippen LogP contribution in [0.5, 0.6) is 0 Å². The number of amidine groups is 1. The van der Waals surface area contributed by atoms with E-state index >= 15 is 0 Å². The molecule has 0 radical (unpaired) electrons. The van der Waals surface area contributed by atoms with Crippen LogP contribution in [0.25, 0.3) is 0 Å². The van der Waals surface area contributed by atoms with Crippen LogP contribution in [0.3, 0.4) is 0 Å². The van der Waals surface area contributed by atoms with Crippen LogP contribution >= 0.6 is 0 Å². The van der Waals surface area contributed by atoms with Crippen molar-refractivity contribution in [3.8, 4) is 0 Å². The molecule has 1 saturated heterocycles. The van der Waals surface area contributed by atoms with E-state index in [0.29, 0.717) is 11.9 Å². The van der Waals surface area contributed by atoms with E-state index in [4.69, 9.17) is 15.7 Å². The quantitative estimate of drug-likeness (QED) is 0.309. The minimum atomic E-state index is 0.0131. The Morgan fingerprint density at radius 1 is 1.62 bits per heavy atom. The van der Waals surface area contributed by atoms with Crippen molar-refractivity contribution in [3.05, 3.63) is 0 Å². The van der Waals surface area contributed by atoms with E-state index in [9.17, 15) is 0 Å². The normalized spacial score (nSPS) is 23.9. The summed E-state index contributed by atoms with van der Waals surface area (Å²) < 4.78 is 5.61. The fourth-order valence-corrected chi connectivity index (χ4v) is 2.25. The van der Waals surface area contributed by atoms with Crippen molar-refractivity contribution in [2.45, 2.75) is 45.3 Å². The van der Waals surface area contributed by atoms with Gasteiger partial charge in [0.25, 0.3) is 0 Å². The molecule has 2 atom stereocenters. The smallest absolute Gasteiger partial charge is 0.156 e. The Hall–Kier alpha value is -0.810. The van der Waals surface area contributed by atoms with Crippen molar-refractivity contribution in [2.75, 3.05) is 19.7 Å². The van der Waals surface area contributed by atoms with Crippen molar-refractivity contribution < 1.29 is 9.94 Å². The van der Waals surface area contributed by atoms with Gasteiger partial charge in [-0.25, -0.2) is 0 Å². The molecule has 5 nitrogen and oxygen atoms in total. The van der Waals surface area contributed by atoms with Crippen molar-refractivity contribution in [2.24, 2.45) is 10.9 Å². The van der Waals surface area contributed by atoms with Crippen LogP contribution < -0.4 is 5.73 Å². The second-order valence-electron chi connectivity index (χ2n) is 4.17. The molecule has 1 heterocycles. The largest absolute Gasteiger partial charge is 0.409 e. The zero-order valence-corrected chi connectivity index (χ0v) is 10.2. The molecule has 0 saturated carbocycles. The van der Waals surface area contributed by atoms with E-state index in [1.54, 1.807) is 0 Å². The van der Waals surface area contributed by atoms with E-state index in [1.807, 2.05) is 6.92 Å².